The number of nitrogens with two attached hydrogens (primary N) is 1. The molecular formula is C14H25N3OS. The van der Waals surface area contributed by atoms with Gasteiger partial charge in [-0.1, -0.05) is 13.8 Å². The Hall–Kier alpha value is -0.650. The van der Waals surface area contributed by atoms with Gasteiger partial charge >= 0.3 is 0 Å². The predicted octanol–water partition coefficient (Wildman–Crippen LogP) is 2.73. The minimum atomic E-state index is -0.0508. The van der Waals surface area contributed by atoms with E-state index in [0.29, 0.717) is 12.5 Å². The van der Waals surface area contributed by atoms with E-state index in [1.54, 1.807) is 18.4 Å². The quantitative estimate of drug-likeness (QED) is 0.923. The second kappa shape index (κ2) is 5.77. The van der Waals surface area contributed by atoms with Crippen LogP contribution in [0.2, 0.25) is 0 Å². The van der Waals surface area contributed by atoms with Gasteiger partial charge in [-0.2, -0.15) is 0 Å². The molecule has 1 aliphatic rings. The summed E-state index contributed by atoms with van der Waals surface area (Å²) >= 11 is 1.74. The topological polar surface area (TPSA) is 51.4 Å². The van der Waals surface area contributed by atoms with E-state index in [9.17, 15) is 0 Å². The van der Waals surface area contributed by atoms with Crippen LogP contribution in [0.3, 0.4) is 0 Å². The predicted molar refractivity (Wildman–Crippen MR) is 81.0 cm³/mol. The van der Waals surface area contributed by atoms with Crippen molar-refractivity contribution in [2.45, 2.75) is 51.7 Å². The summed E-state index contributed by atoms with van der Waals surface area (Å²) in [6.07, 6.45) is 2.27. The van der Waals surface area contributed by atoms with Crippen LogP contribution in [-0.4, -0.2) is 30.8 Å². The van der Waals surface area contributed by atoms with Crippen LogP contribution in [0, 0.1) is 0 Å². The standard InChI is InChI=1S/C14H25N3OS/c1-10(2)12-11(8-15)19-13(16-12)17-7-5-6-14(3,9-17)18-4/h10H,5-9,15H2,1-4H3. The normalized spacial score (nSPS) is 24.2. The molecule has 4 nitrogen and oxygen atoms in total. The van der Waals surface area contributed by atoms with Gasteiger partial charge in [-0.05, 0) is 25.7 Å². The van der Waals surface area contributed by atoms with Gasteiger partial charge in [-0.25, -0.2) is 4.98 Å². The van der Waals surface area contributed by atoms with Gasteiger partial charge in [0.05, 0.1) is 11.3 Å². The third-order valence-electron chi connectivity index (χ3n) is 3.87. The fourth-order valence-electron chi connectivity index (χ4n) is 2.62. The summed E-state index contributed by atoms with van der Waals surface area (Å²) in [5.41, 5.74) is 6.95. The van der Waals surface area contributed by atoms with E-state index in [4.69, 9.17) is 15.5 Å². The van der Waals surface area contributed by atoms with Crippen molar-refractivity contribution in [1.82, 2.24) is 4.98 Å². The number of piperidine rings is 1. The first kappa shape index (κ1) is 14.8. The molecule has 2 heterocycles. The lowest BCUT2D eigenvalue weighted by Crippen LogP contribution is -2.47. The molecule has 1 aliphatic heterocycles. The summed E-state index contributed by atoms with van der Waals surface area (Å²) < 4.78 is 5.65. The monoisotopic (exact) mass is 283 g/mol. The van der Waals surface area contributed by atoms with Crippen LogP contribution in [0.15, 0.2) is 0 Å². The number of ether oxygens (including phenoxy) is 1. The van der Waals surface area contributed by atoms with E-state index in [-0.39, 0.29) is 5.60 Å². The molecule has 2 rings (SSSR count). The number of hydrogen-bond acceptors (Lipinski definition) is 5. The van der Waals surface area contributed by atoms with Crippen molar-refractivity contribution in [2.75, 3.05) is 25.1 Å². The van der Waals surface area contributed by atoms with Crippen molar-refractivity contribution < 1.29 is 4.74 Å². The smallest absolute Gasteiger partial charge is 0.185 e. The van der Waals surface area contributed by atoms with Crippen molar-refractivity contribution >= 4 is 16.5 Å². The molecule has 0 saturated carbocycles. The van der Waals surface area contributed by atoms with Gasteiger partial charge in [-0.15, -0.1) is 11.3 Å². The van der Waals surface area contributed by atoms with Gasteiger partial charge in [0.15, 0.2) is 5.13 Å². The molecule has 0 aromatic carbocycles. The van der Waals surface area contributed by atoms with Crippen LogP contribution in [-0.2, 0) is 11.3 Å². The maximum atomic E-state index is 5.84. The second-order valence-electron chi connectivity index (χ2n) is 5.84. The number of hydrogen-bond donors (Lipinski definition) is 1. The van der Waals surface area contributed by atoms with E-state index in [1.807, 2.05) is 0 Å². The molecule has 19 heavy (non-hydrogen) atoms. The molecule has 1 unspecified atom stereocenters. The van der Waals surface area contributed by atoms with Crippen molar-refractivity contribution in [3.05, 3.63) is 10.6 Å². The highest BCUT2D eigenvalue weighted by Crippen LogP contribution is 2.34. The number of nitrogens with zero attached hydrogens (tertiary/aromatic N) is 2. The summed E-state index contributed by atoms with van der Waals surface area (Å²) in [7, 11) is 1.80. The highest BCUT2D eigenvalue weighted by molar-refractivity contribution is 7.15. The molecule has 1 aromatic heterocycles. The van der Waals surface area contributed by atoms with Gasteiger partial charge < -0.3 is 15.4 Å². The third-order valence-corrected chi connectivity index (χ3v) is 5.03. The van der Waals surface area contributed by atoms with Gasteiger partial charge in [0.25, 0.3) is 0 Å². The van der Waals surface area contributed by atoms with Crippen LogP contribution < -0.4 is 10.6 Å². The Morgan fingerprint density at radius 1 is 1.53 bits per heavy atom. The van der Waals surface area contributed by atoms with Crippen molar-refractivity contribution in [3.63, 3.8) is 0 Å². The number of thiazole rings is 1. The fourth-order valence-corrected chi connectivity index (χ4v) is 3.74. The molecule has 0 amide bonds. The average Bonchev–Trinajstić information content (AvgIpc) is 2.83. The average molecular weight is 283 g/mol. The van der Waals surface area contributed by atoms with Crippen molar-refractivity contribution in [3.8, 4) is 0 Å². The van der Waals surface area contributed by atoms with E-state index in [2.05, 4.69) is 25.7 Å². The van der Waals surface area contributed by atoms with Gasteiger partial charge in [0.2, 0.25) is 0 Å². The zero-order valence-corrected chi connectivity index (χ0v) is 13.2. The SMILES string of the molecule is COC1(C)CCCN(c2nc(C(C)C)c(CN)s2)C1. The van der Waals surface area contributed by atoms with E-state index >= 15 is 0 Å². The first-order valence-corrected chi connectivity index (χ1v) is 7.80. The molecule has 5 heteroatoms. The van der Waals surface area contributed by atoms with Crippen LogP contribution >= 0.6 is 11.3 Å². The lowest BCUT2D eigenvalue weighted by molar-refractivity contribution is -0.00466. The van der Waals surface area contributed by atoms with E-state index < -0.39 is 0 Å². The maximum absolute atomic E-state index is 5.84. The van der Waals surface area contributed by atoms with Crippen LogP contribution in [0.1, 0.15) is 50.1 Å². The Kier molecular flexibility index (Phi) is 4.48. The first-order valence-electron chi connectivity index (χ1n) is 6.99. The van der Waals surface area contributed by atoms with Crippen LogP contribution in [0.4, 0.5) is 5.13 Å². The minimum absolute atomic E-state index is 0.0508. The Balaban J connectivity index is 2.22. The molecule has 1 saturated heterocycles. The van der Waals surface area contributed by atoms with E-state index in [0.717, 1.165) is 36.8 Å². The fraction of sp³-hybridized carbons (Fsp3) is 0.786. The van der Waals surface area contributed by atoms with Crippen LogP contribution in [0.25, 0.3) is 0 Å². The van der Waals surface area contributed by atoms with Crippen molar-refractivity contribution in [2.24, 2.45) is 5.73 Å². The zero-order chi connectivity index (χ0) is 14.0. The lowest BCUT2D eigenvalue weighted by Gasteiger charge is -2.39. The largest absolute Gasteiger partial charge is 0.377 e. The lowest BCUT2D eigenvalue weighted by atomic mass is 9.95. The van der Waals surface area contributed by atoms with Crippen LogP contribution in [0.5, 0.6) is 0 Å². The van der Waals surface area contributed by atoms with Crippen molar-refractivity contribution in [1.29, 1.82) is 0 Å². The Labute approximate surface area is 120 Å². The molecule has 0 aliphatic carbocycles. The highest BCUT2D eigenvalue weighted by Gasteiger charge is 2.32. The molecule has 0 spiro atoms. The third kappa shape index (κ3) is 3.09. The second-order valence-corrected chi connectivity index (χ2v) is 6.90. The molecule has 1 fully saturated rings. The minimum Gasteiger partial charge on any atom is -0.377 e. The summed E-state index contributed by atoms with van der Waals surface area (Å²) in [6.45, 7) is 9.09. The summed E-state index contributed by atoms with van der Waals surface area (Å²) in [5, 5.41) is 1.10. The molecular weight excluding hydrogens is 258 g/mol. The molecule has 0 radical (unpaired) electrons. The molecule has 108 valence electrons. The first-order chi connectivity index (χ1) is 8.99. The Morgan fingerprint density at radius 2 is 2.26 bits per heavy atom. The molecule has 1 atom stereocenters. The molecule has 2 N–H and O–H groups in total. The number of methoxy groups -OCH3 is 1. The van der Waals surface area contributed by atoms with Gasteiger partial charge in [0, 0.05) is 31.6 Å². The Bertz CT molecular complexity index is 432. The Morgan fingerprint density at radius 3 is 2.79 bits per heavy atom. The molecule has 0 bridgehead atoms. The number of rotatable bonds is 4. The highest BCUT2D eigenvalue weighted by atomic mass is 32.1. The van der Waals surface area contributed by atoms with Gasteiger partial charge in [0.1, 0.15) is 0 Å². The molecule has 1 aromatic rings. The zero-order valence-electron chi connectivity index (χ0n) is 12.4. The maximum Gasteiger partial charge on any atom is 0.185 e. The van der Waals surface area contributed by atoms with E-state index in [1.165, 1.54) is 4.88 Å². The number of aromatic nitrogens is 1. The van der Waals surface area contributed by atoms with Gasteiger partial charge in [-0.3, -0.25) is 0 Å². The summed E-state index contributed by atoms with van der Waals surface area (Å²) in [5.74, 6) is 0.433. The summed E-state index contributed by atoms with van der Waals surface area (Å²) in [6, 6.07) is 0. The number of anilines is 1. The summed E-state index contributed by atoms with van der Waals surface area (Å²) in [4.78, 5) is 8.38.